The van der Waals surface area contributed by atoms with Gasteiger partial charge in [0.1, 0.15) is 30.5 Å². The molecule has 1 fully saturated rings. The molecule has 0 saturated carbocycles. The molecule has 12 nitrogen and oxygen atoms in total. The van der Waals surface area contributed by atoms with Crippen LogP contribution >= 0.6 is 0 Å². The van der Waals surface area contributed by atoms with Crippen LogP contribution in [0.1, 0.15) is 277 Å². The van der Waals surface area contributed by atoms with Crippen LogP contribution < -0.4 is 0 Å². The number of allylic oxidation sites excluding steroid dienone is 2. The molecule has 0 bridgehead atoms. The fourth-order valence-electron chi connectivity index (χ4n) is 9.26. The molecule has 13 heteroatoms. The van der Waals surface area contributed by atoms with E-state index in [2.05, 4.69) is 30.2 Å². The summed E-state index contributed by atoms with van der Waals surface area (Å²) >= 11 is 0. The van der Waals surface area contributed by atoms with Crippen LogP contribution in [0.4, 0.5) is 0 Å². The van der Waals surface area contributed by atoms with Gasteiger partial charge in [0.15, 0.2) is 6.29 Å². The lowest BCUT2D eigenvalue weighted by Gasteiger charge is -2.41. The largest absolute Gasteiger partial charge is 0.457 e. The molecule has 6 unspecified atom stereocenters. The molecule has 410 valence electrons. The van der Waals surface area contributed by atoms with Crippen molar-refractivity contribution >= 4 is 16.4 Å². The first-order valence-corrected chi connectivity index (χ1v) is 30.3. The summed E-state index contributed by atoms with van der Waals surface area (Å²) in [5, 5.41) is 30.8. The Labute approximate surface area is 423 Å². The molecule has 0 aromatic rings. The highest BCUT2D eigenvalue weighted by atomic mass is 32.3. The van der Waals surface area contributed by atoms with Crippen molar-refractivity contribution in [3.63, 3.8) is 0 Å². The van der Waals surface area contributed by atoms with Gasteiger partial charge in [0.25, 0.3) is 0 Å². The quantitative estimate of drug-likeness (QED) is 0.0196. The van der Waals surface area contributed by atoms with Crippen molar-refractivity contribution < 1.29 is 56.2 Å². The maximum absolute atomic E-state index is 13.0. The summed E-state index contributed by atoms with van der Waals surface area (Å²) in [6.45, 7) is 4.05. The number of carbonyl (C=O) groups is 1. The van der Waals surface area contributed by atoms with Crippen molar-refractivity contribution in [1.29, 1.82) is 0 Å². The number of rotatable bonds is 52. The fraction of sp³-hybridized carbons (Fsp3) is 0.946. The van der Waals surface area contributed by atoms with Crippen LogP contribution in [-0.4, -0.2) is 97.5 Å². The molecule has 1 rings (SSSR count). The summed E-state index contributed by atoms with van der Waals surface area (Å²) in [7, 11) is -5.06. The molecule has 6 atom stereocenters. The minimum absolute atomic E-state index is 0.0401. The van der Waals surface area contributed by atoms with E-state index in [1.807, 2.05) is 0 Å². The molecule has 0 aromatic carbocycles. The zero-order chi connectivity index (χ0) is 50.3. The van der Waals surface area contributed by atoms with Crippen LogP contribution in [-0.2, 0) is 38.3 Å². The number of aliphatic hydroxyl groups is 3. The second-order valence-electron chi connectivity index (χ2n) is 20.2. The topological polar surface area (TPSA) is 178 Å². The van der Waals surface area contributed by atoms with Gasteiger partial charge >= 0.3 is 16.4 Å². The van der Waals surface area contributed by atoms with Crippen molar-refractivity contribution in [2.45, 2.75) is 314 Å². The van der Waals surface area contributed by atoms with Gasteiger partial charge in [-0.1, -0.05) is 244 Å². The Hall–Kier alpha value is -1.16. The third-order valence-corrected chi connectivity index (χ3v) is 14.1. The molecule has 0 spiro atoms. The van der Waals surface area contributed by atoms with Gasteiger partial charge < -0.3 is 34.3 Å². The van der Waals surface area contributed by atoms with E-state index >= 15 is 0 Å². The summed E-state index contributed by atoms with van der Waals surface area (Å²) < 4.78 is 59.4. The van der Waals surface area contributed by atoms with Crippen LogP contribution in [0.25, 0.3) is 0 Å². The first kappa shape index (κ1) is 65.9. The average Bonchev–Trinajstić information content (AvgIpc) is 3.32. The zero-order valence-electron chi connectivity index (χ0n) is 44.4. The van der Waals surface area contributed by atoms with E-state index in [9.17, 15) is 33.1 Å². The SMILES string of the molecule is CCCCCCCCC/C=C\CCCCCCCCCCOCC(COC1OC(CO)C(O)C(OS(=O)(=O)O)C1O)OC(=O)CCCCCCCCCCCCCCCCCCCCCCCCC. The molecule has 1 aliphatic rings. The highest BCUT2D eigenvalue weighted by Gasteiger charge is 2.48. The van der Waals surface area contributed by atoms with Crippen molar-refractivity contribution in [3.8, 4) is 0 Å². The van der Waals surface area contributed by atoms with Crippen LogP contribution in [0, 0.1) is 0 Å². The summed E-state index contributed by atoms with van der Waals surface area (Å²) in [6.07, 6.45) is 46.8. The third-order valence-electron chi connectivity index (χ3n) is 13.6. The lowest BCUT2D eigenvalue weighted by atomic mass is 9.99. The summed E-state index contributed by atoms with van der Waals surface area (Å²) in [5.41, 5.74) is 0. The Balaban J connectivity index is 2.28. The van der Waals surface area contributed by atoms with Crippen molar-refractivity contribution in [3.05, 3.63) is 12.2 Å². The van der Waals surface area contributed by atoms with Crippen LogP contribution in [0.15, 0.2) is 12.2 Å². The molecule has 1 saturated heterocycles. The number of ether oxygens (including phenoxy) is 4. The number of unbranched alkanes of at least 4 members (excludes halogenated alkanes) is 37. The van der Waals surface area contributed by atoms with Crippen LogP contribution in [0.3, 0.4) is 0 Å². The van der Waals surface area contributed by atoms with Gasteiger partial charge in [-0.25, -0.2) is 4.18 Å². The number of hydrogen-bond acceptors (Lipinski definition) is 11. The average molecular weight is 1010 g/mol. The van der Waals surface area contributed by atoms with E-state index < -0.39 is 59.8 Å². The fourth-order valence-corrected chi connectivity index (χ4v) is 9.77. The van der Waals surface area contributed by atoms with E-state index in [1.54, 1.807) is 0 Å². The van der Waals surface area contributed by atoms with Gasteiger partial charge in [0.05, 0.1) is 19.8 Å². The van der Waals surface area contributed by atoms with Gasteiger partial charge in [0.2, 0.25) is 0 Å². The van der Waals surface area contributed by atoms with Crippen LogP contribution in [0.2, 0.25) is 0 Å². The number of aliphatic hydroxyl groups excluding tert-OH is 3. The predicted molar refractivity (Wildman–Crippen MR) is 281 cm³/mol. The first-order chi connectivity index (χ1) is 33.6. The van der Waals surface area contributed by atoms with Gasteiger partial charge in [-0.05, 0) is 38.5 Å². The van der Waals surface area contributed by atoms with Gasteiger partial charge in [0, 0.05) is 13.0 Å². The molecule has 4 N–H and O–H groups in total. The Morgan fingerprint density at radius 2 is 0.913 bits per heavy atom. The maximum atomic E-state index is 13.0. The third kappa shape index (κ3) is 40.9. The van der Waals surface area contributed by atoms with E-state index in [0.29, 0.717) is 13.0 Å². The molecular weight excluding hydrogens is 897 g/mol. The lowest BCUT2D eigenvalue weighted by Crippen LogP contribution is -2.60. The Morgan fingerprint density at radius 3 is 1.30 bits per heavy atom. The monoisotopic (exact) mass is 1000 g/mol. The summed E-state index contributed by atoms with van der Waals surface area (Å²) in [5.74, 6) is -0.392. The summed E-state index contributed by atoms with van der Waals surface area (Å²) in [6, 6.07) is 0. The molecule has 0 aromatic heterocycles. The van der Waals surface area contributed by atoms with E-state index in [0.717, 1.165) is 38.5 Å². The molecule has 0 amide bonds. The standard InChI is InChI=1S/C56H108O12S/c1-3-5-7-9-11-13-15-17-19-21-23-24-25-26-27-29-31-33-35-37-39-41-43-45-52(58)66-50(49-65-56-54(60)55(68-69(61,62)63)53(59)51(47-57)67-56)48-64-46-44-42-40-38-36-34-32-30-28-22-20-18-16-14-12-10-8-6-4-2/h20,22,50-51,53-57,59-60H,3-19,21,23-49H2,1-2H3,(H,61,62,63)/b22-20-. The molecular formula is C56H108O12S. The molecule has 69 heavy (non-hydrogen) atoms. The van der Waals surface area contributed by atoms with Crippen LogP contribution in [0.5, 0.6) is 0 Å². The van der Waals surface area contributed by atoms with Crippen molar-refractivity contribution in [1.82, 2.24) is 0 Å². The van der Waals surface area contributed by atoms with Gasteiger partial charge in [-0.2, -0.15) is 8.42 Å². The predicted octanol–water partition coefficient (Wildman–Crippen LogP) is 14.1. The highest BCUT2D eigenvalue weighted by molar-refractivity contribution is 7.80. The minimum Gasteiger partial charge on any atom is -0.457 e. The smallest absolute Gasteiger partial charge is 0.397 e. The normalized spacial score (nSPS) is 19.2. The summed E-state index contributed by atoms with van der Waals surface area (Å²) in [4.78, 5) is 13.0. The maximum Gasteiger partial charge on any atom is 0.397 e. The molecule has 1 aliphatic heterocycles. The second-order valence-corrected chi connectivity index (χ2v) is 21.3. The zero-order valence-corrected chi connectivity index (χ0v) is 45.2. The Morgan fingerprint density at radius 1 is 0.536 bits per heavy atom. The van der Waals surface area contributed by atoms with Gasteiger partial charge in [-0.3, -0.25) is 9.35 Å². The lowest BCUT2D eigenvalue weighted by molar-refractivity contribution is -0.301. The Bertz CT molecular complexity index is 1250. The number of carbonyl (C=O) groups excluding carboxylic acids is 1. The second kappa shape index (κ2) is 47.8. The number of hydrogen-bond donors (Lipinski definition) is 4. The highest BCUT2D eigenvalue weighted by Crippen LogP contribution is 2.26. The van der Waals surface area contributed by atoms with Crippen molar-refractivity contribution in [2.75, 3.05) is 26.4 Å². The number of esters is 1. The van der Waals surface area contributed by atoms with Gasteiger partial charge in [-0.15, -0.1) is 0 Å². The van der Waals surface area contributed by atoms with E-state index in [4.69, 9.17) is 18.9 Å². The first-order valence-electron chi connectivity index (χ1n) is 28.9. The van der Waals surface area contributed by atoms with E-state index in [-0.39, 0.29) is 19.6 Å². The molecule has 1 heterocycles. The molecule has 0 aliphatic carbocycles. The minimum atomic E-state index is -5.06. The Kier molecular flexibility index (Phi) is 45.6. The molecule has 0 radical (unpaired) electrons. The van der Waals surface area contributed by atoms with E-state index in [1.165, 1.54) is 212 Å². The van der Waals surface area contributed by atoms with Crippen molar-refractivity contribution in [2.24, 2.45) is 0 Å².